The summed E-state index contributed by atoms with van der Waals surface area (Å²) >= 11 is 1.92. The van der Waals surface area contributed by atoms with Gasteiger partial charge in [-0.25, -0.2) is 0 Å². The fraction of sp³-hybridized carbons (Fsp3) is 1.00. The minimum Gasteiger partial charge on any atom is -0.162 e. The molecule has 0 aliphatic carbocycles. The minimum absolute atomic E-state index is 0. The first kappa shape index (κ1) is 10.4. The van der Waals surface area contributed by atoms with E-state index in [1.54, 1.807) is 0 Å². The third-order valence-corrected chi connectivity index (χ3v) is 2.12. The van der Waals surface area contributed by atoms with Crippen molar-refractivity contribution in [2.24, 2.45) is 0 Å². The van der Waals surface area contributed by atoms with Crippen molar-refractivity contribution in [1.82, 2.24) is 0 Å². The molecular weight excluding hydrogens is 104 g/mol. The Morgan fingerprint density at radius 2 is 2.00 bits per heavy atom. The number of thioether (sulfide) groups is 1. The Morgan fingerprint density at radius 3 is 2.00 bits per heavy atom. The highest BCUT2D eigenvalue weighted by molar-refractivity contribution is 7.99. The molecule has 0 N–H and O–H groups in total. The Hall–Kier alpha value is 0.350. The molecule has 0 aliphatic heterocycles. The van der Waals surface area contributed by atoms with E-state index >= 15 is 0 Å². The zero-order chi connectivity index (χ0) is 4.99. The Kier molecular flexibility index (Phi) is 9.39. The zero-order valence-electron chi connectivity index (χ0n) is 4.69. The van der Waals surface area contributed by atoms with Crippen LogP contribution in [0.2, 0.25) is 0 Å². The summed E-state index contributed by atoms with van der Waals surface area (Å²) in [5, 5.41) is 0.852. The van der Waals surface area contributed by atoms with E-state index in [0.29, 0.717) is 0 Å². The monoisotopic (exact) mass is 120 g/mol. The quantitative estimate of drug-likeness (QED) is 0.540. The van der Waals surface area contributed by atoms with Gasteiger partial charge in [-0.1, -0.05) is 21.3 Å². The molecule has 0 aromatic rings. The van der Waals surface area contributed by atoms with Gasteiger partial charge >= 0.3 is 0 Å². The van der Waals surface area contributed by atoms with Crippen LogP contribution in [0.1, 0.15) is 27.7 Å². The van der Waals surface area contributed by atoms with Crippen LogP contribution in [0, 0.1) is 0 Å². The molecule has 0 nitrogen and oxygen atoms in total. The van der Waals surface area contributed by atoms with E-state index in [1.165, 1.54) is 6.42 Å². The van der Waals surface area contributed by atoms with E-state index in [0.717, 1.165) is 5.25 Å². The van der Waals surface area contributed by atoms with Crippen molar-refractivity contribution in [3.05, 3.63) is 0 Å². The molecule has 7 heavy (non-hydrogen) atoms. The van der Waals surface area contributed by atoms with Crippen molar-refractivity contribution in [1.29, 1.82) is 0 Å². The fourth-order valence-corrected chi connectivity index (χ4v) is 0.500. The third kappa shape index (κ3) is 6.35. The second-order valence-corrected chi connectivity index (χ2v) is 2.73. The number of rotatable bonds is 2. The molecule has 0 spiro atoms. The largest absolute Gasteiger partial charge is 0.162 e. The first-order valence-corrected chi connectivity index (χ1v) is 3.62. The standard InChI is InChI=1S/C5H12S.CH4/c1-4-5(2)6-3;/h5H,4H2,1-3H3;1H4. The van der Waals surface area contributed by atoms with Gasteiger partial charge in [-0.15, -0.1) is 0 Å². The molecule has 0 aromatic heterocycles. The molecule has 0 radical (unpaired) electrons. The average Bonchev–Trinajstić information content (AvgIpc) is 1.65. The molecular formula is C6H16S. The lowest BCUT2D eigenvalue weighted by Crippen LogP contribution is -1.87. The van der Waals surface area contributed by atoms with Gasteiger partial charge in [0.2, 0.25) is 0 Å². The Labute approximate surface area is 51.7 Å². The molecule has 0 amide bonds. The first-order chi connectivity index (χ1) is 2.81. The van der Waals surface area contributed by atoms with Crippen LogP contribution in [-0.4, -0.2) is 11.5 Å². The van der Waals surface area contributed by atoms with Crippen LogP contribution in [0.3, 0.4) is 0 Å². The van der Waals surface area contributed by atoms with Crippen LogP contribution < -0.4 is 0 Å². The first-order valence-electron chi connectivity index (χ1n) is 2.34. The fourth-order valence-electron chi connectivity index (χ4n) is 0.167. The van der Waals surface area contributed by atoms with Gasteiger partial charge < -0.3 is 0 Å². The molecule has 1 atom stereocenters. The van der Waals surface area contributed by atoms with E-state index in [2.05, 4.69) is 20.1 Å². The van der Waals surface area contributed by atoms with Crippen LogP contribution in [0.4, 0.5) is 0 Å². The predicted molar refractivity (Wildman–Crippen MR) is 40.0 cm³/mol. The number of hydrogen-bond acceptors (Lipinski definition) is 1. The van der Waals surface area contributed by atoms with Crippen molar-refractivity contribution in [2.75, 3.05) is 6.26 Å². The minimum atomic E-state index is 0. The van der Waals surface area contributed by atoms with E-state index in [4.69, 9.17) is 0 Å². The molecule has 0 fully saturated rings. The van der Waals surface area contributed by atoms with Crippen LogP contribution in [-0.2, 0) is 0 Å². The highest BCUT2D eigenvalue weighted by Gasteiger charge is 1.89. The molecule has 1 unspecified atom stereocenters. The zero-order valence-corrected chi connectivity index (χ0v) is 5.51. The summed E-state index contributed by atoms with van der Waals surface area (Å²) in [5.74, 6) is 0. The van der Waals surface area contributed by atoms with Gasteiger partial charge in [0.1, 0.15) is 0 Å². The Morgan fingerprint density at radius 1 is 1.57 bits per heavy atom. The average molecular weight is 120 g/mol. The van der Waals surface area contributed by atoms with Gasteiger partial charge in [-0.2, -0.15) is 11.8 Å². The summed E-state index contributed by atoms with van der Waals surface area (Å²) in [6.45, 7) is 4.45. The van der Waals surface area contributed by atoms with Crippen LogP contribution in [0.15, 0.2) is 0 Å². The normalized spacial score (nSPS) is 12.4. The summed E-state index contributed by atoms with van der Waals surface area (Å²) in [6, 6.07) is 0. The van der Waals surface area contributed by atoms with Crippen molar-refractivity contribution in [2.45, 2.75) is 32.9 Å². The van der Waals surface area contributed by atoms with Gasteiger partial charge in [0.15, 0.2) is 0 Å². The lowest BCUT2D eigenvalue weighted by atomic mass is 10.4. The van der Waals surface area contributed by atoms with Crippen LogP contribution in [0.5, 0.6) is 0 Å². The van der Waals surface area contributed by atoms with Crippen LogP contribution >= 0.6 is 11.8 Å². The smallest absolute Gasteiger partial charge is 0.00133 e. The predicted octanol–water partition coefficient (Wildman–Crippen LogP) is 2.78. The maximum Gasteiger partial charge on any atom is 0.00133 e. The van der Waals surface area contributed by atoms with Gasteiger partial charge in [-0.3, -0.25) is 0 Å². The topological polar surface area (TPSA) is 0 Å². The van der Waals surface area contributed by atoms with Crippen molar-refractivity contribution in [3.63, 3.8) is 0 Å². The summed E-state index contributed by atoms with van der Waals surface area (Å²) < 4.78 is 0. The molecule has 0 saturated carbocycles. The van der Waals surface area contributed by atoms with Gasteiger partial charge in [-0.05, 0) is 12.7 Å². The second-order valence-electron chi connectivity index (χ2n) is 1.45. The lowest BCUT2D eigenvalue weighted by molar-refractivity contribution is 0.909. The summed E-state index contributed by atoms with van der Waals surface area (Å²) in [7, 11) is 0. The Balaban J connectivity index is 0. The maximum absolute atomic E-state index is 2.24. The highest BCUT2D eigenvalue weighted by Crippen LogP contribution is 2.06. The molecule has 0 aliphatic rings. The van der Waals surface area contributed by atoms with Gasteiger partial charge in [0, 0.05) is 5.25 Å². The second kappa shape index (κ2) is 6.35. The summed E-state index contributed by atoms with van der Waals surface area (Å²) in [6.07, 6.45) is 3.44. The summed E-state index contributed by atoms with van der Waals surface area (Å²) in [5.41, 5.74) is 0. The molecule has 0 aromatic carbocycles. The number of hydrogen-bond donors (Lipinski definition) is 0. The van der Waals surface area contributed by atoms with Gasteiger partial charge in [0.25, 0.3) is 0 Å². The van der Waals surface area contributed by atoms with E-state index < -0.39 is 0 Å². The van der Waals surface area contributed by atoms with Crippen molar-refractivity contribution >= 4 is 11.8 Å². The third-order valence-electron chi connectivity index (χ3n) is 0.977. The van der Waals surface area contributed by atoms with Gasteiger partial charge in [0.05, 0.1) is 0 Å². The molecule has 46 valence electrons. The molecule has 0 heterocycles. The van der Waals surface area contributed by atoms with E-state index in [9.17, 15) is 0 Å². The molecule has 0 saturated heterocycles. The summed E-state index contributed by atoms with van der Waals surface area (Å²) in [4.78, 5) is 0. The highest BCUT2D eigenvalue weighted by atomic mass is 32.2. The molecule has 1 heteroatoms. The van der Waals surface area contributed by atoms with E-state index in [-0.39, 0.29) is 7.43 Å². The molecule has 0 bridgehead atoms. The van der Waals surface area contributed by atoms with Crippen molar-refractivity contribution < 1.29 is 0 Å². The lowest BCUT2D eigenvalue weighted by Gasteiger charge is -1.98. The maximum atomic E-state index is 2.24. The van der Waals surface area contributed by atoms with Crippen molar-refractivity contribution in [3.8, 4) is 0 Å². The SMILES string of the molecule is C.CCC(C)SC. The van der Waals surface area contributed by atoms with Crippen LogP contribution in [0.25, 0.3) is 0 Å². The Bertz CT molecular complexity index is 23.4. The molecule has 0 rings (SSSR count). The van der Waals surface area contributed by atoms with E-state index in [1.807, 2.05) is 11.8 Å².